The molecule has 0 spiro atoms. The van der Waals surface area contributed by atoms with Crippen molar-refractivity contribution >= 4 is 64.2 Å². The van der Waals surface area contributed by atoms with E-state index in [4.69, 9.17) is 51.0 Å². The minimum Gasteiger partial charge on any atom is -0.466 e. The van der Waals surface area contributed by atoms with E-state index in [-0.39, 0.29) is 46.2 Å². The summed E-state index contributed by atoms with van der Waals surface area (Å²) in [5.41, 5.74) is 11.7. The predicted molar refractivity (Wildman–Crippen MR) is 128 cm³/mol. The first-order valence-corrected chi connectivity index (χ1v) is 10.8. The van der Waals surface area contributed by atoms with E-state index in [2.05, 4.69) is 15.6 Å². The molecule has 0 heterocycles. The molecule has 176 valence electrons. The van der Waals surface area contributed by atoms with Gasteiger partial charge < -0.3 is 26.8 Å². The van der Waals surface area contributed by atoms with Crippen LogP contribution in [0.15, 0.2) is 41.4 Å². The average molecular weight is 515 g/mol. The molecular weight excluding hydrogens is 493 g/mol. The van der Waals surface area contributed by atoms with Gasteiger partial charge in [-0.2, -0.15) is 0 Å². The fourth-order valence-corrected chi connectivity index (χ4v) is 3.58. The summed E-state index contributed by atoms with van der Waals surface area (Å²) in [5.74, 6) is -1.82. The number of amides is 2. The van der Waals surface area contributed by atoms with Crippen molar-refractivity contribution in [1.82, 2.24) is 10.6 Å². The molecule has 0 fully saturated rings. The second kappa shape index (κ2) is 12.3. The molecule has 12 heteroatoms. The molecule has 6 N–H and O–H groups in total. The maximum absolute atomic E-state index is 12.6. The molecule has 33 heavy (non-hydrogen) atoms. The van der Waals surface area contributed by atoms with Crippen LogP contribution in [-0.4, -0.2) is 36.9 Å². The Labute approximate surface area is 205 Å². The summed E-state index contributed by atoms with van der Waals surface area (Å²) in [5, 5.41) is 5.71. The molecule has 2 aromatic rings. The Kier molecular flexibility index (Phi) is 9.77. The van der Waals surface area contributed by atoms with E-state index < -0.39 is 23.8 Å². The van der Waals surface area contributed by atoms with Gasteiger partial charge in [0, 0.05) is 10.6 Å². The van der Waals surface area contributed by atoms with E-state index in [0.717, 1.165) is 0 Å². The lowest BCUT2D eigenvalue weighted by atomic mass is 10.0. The molecule has 1 unspecified atom stereocenters. The highest BCUT2D eigenvalue weighted by Gasteiger charge is 2.23. The summed E-state index contributed by atoms with van der Waals surface area (Å²) in [6, 6.07) is 8.26. The number of nitrogens with two attached hydrogens (primary N) is 2. The van der Waals surface area contributed by atoms with Crippen LogP contribution < -0.4 is 22.1 Å². The van der Waals surface area contributed by atoms with Gasteiger partial charge in [0.2, 0.25) is 5.91 Å². The molecule has 0 aliphatic heterocycles. The van der Waals surface area contributed by atoms with Crippen LogP contribution in [0.4, 0.5) is 5.69 Å². The van der Waals surface area contributed by atoms with Crippen LogP contribution in [0.5, 0.6) is 0 Å². The van der Waals surface area contributed by atoms with Crippen molar-refractivity contribution in [2.45, 2.75) is 19.4 Å². The van der Waals surface area contributed by atoms with Crippen molar-refractivity contribution < 1.29 is 19.1 Å². The second-order valence-corrected chi connectivity index (χ2v) is 7.91. The van der Waals surface area contributed by atoms with Crippen LogP contribution in [0, 0.1) is 0 Å². The standard InChI is InChI=1S/C21H22Cl3N5O4/c1-2-33-18(31)9-16(14-7-12(22)8-15(23)19(14)24)29-17(30)10-27-20(32)11-4-3-5-13(6-11)28-21(25)26/h3-8,16H,2,9-10H2,1H3,(H,27,32)(H,29,30)(H4,25,26,28). The number of hydrogen-bond donors (Lipinski definition) is 4. The molecule has 0 aromatic heterocycles. The van der Waals surface area contributed by atoms with Gasteiger partial charge in [0.1, 0.15) is 0 Å². The third-order valence-corrected chi connectivity index (χ3v) is 5.22. The number of halogens is 3. The highest BCUT2D eigenvalue weighted by Crippen LogP contribution is 2.34. The Morgan fingerprint density at radius 3 is 2.52 bits per heavy atom. The maximum atomic E-state index is 12.6. The Morgan fingerprint density at radius 2 is 1.85 bits per heavy atom. The van der Waals surface area contributed by atoms with E-state index in [1.807, 2.05) is 0 Å². The van der Waals surface area contributed by atoms with Crippen molar-refractivity contribution in [3.05, 3.63) is 62.6 Å². The molecule has 0 aliphatic rings. The summed E-state index contributed by atoms with van der Waals surface area (Å²) >= 11 is 18.4. The zero-order chi connectivity index (χ0) is 24.5. The lowest BCUT2D eigenvalue weighted by molar-refractivity contribution is -0.143. The summed E-state index contributed by atoms with van der Waals surface area (Å²) in [6.07, 6.45) is -0.218. The van der Waals surface area contributed by atoms with E-state index in [1.165, 1.54) is 24.3 Å². The van der Waals surface area contributed by atoms with E-state index in [9.17, 15) is 14.4 Å². The third kappa shape index (κ3) is 8.12. The lowest BCUT2D eigenvalue weighted by Gasteiger charge is -2.21. The molecule has 0 bridgehead atoms. The van der Waals surface area contributed by atoms with Gasteiger partial charge >= 0.3 is 5.97 Å². The van der Waals surface area contributed by atoms with Crippen LogP contribution >= 0.6 is 34.8 Å². The number of nitrogens with zero attached hydrogens (tertiary/aromatic N) is 1. The molecule has 0 saturated carbocycles. The number of esters is 1. The number of carbonyl (C=O) groups is 3. The zero-order valence-electron chi connectivity index (χ0n) is 17.5. The monoisotopic (exact) mass is 513 g/mol. The van der Waals surface area contributed by atoms with Gasteiger partial charge in [-0.15, -0.1) is 0 Å². The van der Waals surface area contributed by atoms with Gasteiger partial charge in [-0.3, -0.25) is 14.4 Å². The molecule has 9 nitrogen and oxygen atoms in total. The van der Waals surface area contributed by atoms with Crippen LogP contribution in [0.3, 0.4) is 0 Å². The largest absolute Gasteiger partial charge is 0.466 e. The van der Waals surface area contributed by atoms with Gasteiger partial charge in [0.25, 0.3) is 5.91 Å². The van der Waals surface area contributed by atoms with Crippen molar-refractivity contribution in [2.75, 3.05) is 13.2 Å². The van der Waals surface area contributed by atoms with E-state index >= 15 is 0 Å². The zero-order valence-corrected chi connectivity index (χ0v) is 19.8. The van der Waals surface area contributed by atoms with E-state index in [1.54, 1.807) is 19.1 Å². The number of carbonyl (C=O) groups excluding carboxylic acids is 3. The number of hydrogen-bond acceptors (Lipinski definition) is 5. The van der Waals surface area contributed by atoms with Gasteiger partial charge in [-0.1, -0.05) is 40.9 Å². The number of ether oxygens (including phenoxy) is 1. The first-order valence-electron chi connectivity index (χ1n) is 9.68. The highest BCUT2D eigenvalue weighted by atomic mass is 35.5. The van der Waals surface area contributed by atoms with E-state index in [0.29, 0.717) is 11.3 Å². The number of guanidine groups is 1. The average Bonchev–Trinajstić information content (AvgIpc) is 2.74. The van der Waals surface area contributed by atoms with Crippen molar-refractivity contribution in [2.24, 2.45) is 16.5 Å². The van der Waals surface area contributed by atoms with Crippen molar-refractivity contribution in [3.63, 3.8) is 0 Å². The number of aliphatic imine (C=N–C) groups is 1. The van der Waals surface area contributed by atoms with Gasteiger partial charge in [-0.05, 0) is 42.8 Å². The fourth-order valence-electron chi connectivity index (χ4n) is 2.83. The third-order valence-electron chi connectivity index (χ3n) is 4.18. The molecule has 1 atom stereocenters. The molecule has 0 saturated heterocycles. The summed E-state index contributed by atoms with van der Waals surface area (Å²) in [7, 11) is 0. The van der Waals surface area contributed by atoms with Crippen LogP contribution in [-0.2, 0) is 14.3 Å². The molecule has 2 amide bonds. The SMILES string of the molecule is CCOC(=O)CC(NC(=O)CNC(=O)c1cccc(N=C(N)N)c1)c1cc(Cl)cc(Cl)c1Cl. The molecular formula is C21H22Cl3N5O4. The summed E-state index contributed by atoms with van der Waals surface area (Å²) in [4.78, 5) is 40.9. The Morgan fingerprint density at radius 1 is 1.12 bits per heavy atom. The minimum absolute atomic E-state index is 0.135. The Hall–Kier alpha value is -3.01. The smallest absolute Gasteiger partial charge is 0.308 e. The van der Waals surface area contributed by atoms with Gasteiger partial charge in [0.15, 0.2) is 5.96 Å². The lowest BCUT2D eigenvalue weighted by Crippen LogP contribution is -2.39. The predicted octanol–water partition coefficient (Wildman–Crippen LogP) is 3.09. The molecule has 2 rings (SSSR count). The van der Waals surface area contributed by atoms with Crippen LogP contribution in [0.2, 0.25) is 15.1 Å². The first-order chi connectivity index (χ1) is 15.6. The Bertz CT molecular complexity index is 1070. The summed E-state index contributed by atoms with van der Waals surface area (Å²) < 4.78 is 4.97. The number of benzene rings is 2. The van der Waals surface area contributed by atoms with Crippen LogP contribution in [0.25, 0.3) is 0 Å². The topological polar surface area (TPSA) is 149 Å². The minimum atomic E-state index is -0.887. The molecule has 2 aromatic carbocycles. The van der Waals surface area contributed by atoms with Gasteiger partial charge in [0.05, 0.1) is 41.3 Å². The molecule has 0 aliphatic carbocycles. The van der Waals surface area contributed by atoms with Gasteiger partial charge in [-0.25, -0.2) is 4.99 Å². The normalized spacial score (nSPS) is 11.3. The molecule has 0 radical (unpaired) electrons. The first kappa shape index (κ1) is 26.2. The maximum Gasteiger partial charge on any atom is 0.308 e. The van der Waals surface area contributed by atoms with Crippen molar-refractivity contribution in [3.8, 4) is 0 Å². The number of nitrogens with one attached hydrogen (secondary N) is 2. The summed E-state index contributed by atoms with van der Waals surface area (Å²) in [6.45, 7) is 1.45. The Balaban J connectivity index is 2.12. The number of rotatable bonds is 9. The van der Waals surface area contributed by atoms with Crippen LogP contribution in [0.1, 0.15) is 35.3 Å². The quantitative estimate of drug-likeness (QED) is 0.175. The fraction of sp³-hybridized carbons (Fsp3) is 0.238. The van der Waals surface area contributed by atoms with Crippen molar-refractivity contribution in [1.29, 1.82) is 0 Å². The second-order valence-electron chi connectivity index (χ2n) is 6.69. The highest BCUT2D eigenvalue weighted by molar-refractivity contribution is 6.43.